The predicted octanol–water partition coefficient (Wildman–Crippen LogP) is 4.33. The summed E-state index contributed by atoms with van der Waals surface area (Å²) in [6.07, 6.45) is 2.55. The molecule has 1 aliphatic carbocycles. The van der Waals surface area contributed by atoms with Crippen molar-refractivity contribution in [2.45, 2.75) is 19.3 Å². The zero-order chi connectivity index (χ0) is 18.3. The second kappa shape index (κ2) is 6.42. The predicted molar refractivity (Wildman–Crippen MR) is 100 cm³/mol. The molecule has 4 rings (SSSR count). The molecule has 0 bridgehead atoms. The van der Waals surface area contributed by atoms with Gasteiger partial charge in [-0.15, -0.1) is 0 Å². The minimum atomic E-state index is -1.09. The minimum Gasteiger partial charge on any atom is -0.478 e. The number of nitrogens with zero attached hydrogens (tertiary/aromatic N) is 1. The summed E-state index contributed by atoms with van der Waals surface area (Å²) < 4.78 is 0. The third-order valence-corrected chi connectivity index (χ3v) is 4.84. The summed E-state index contributed by atoms with van der Waals surface area (Å²) in [5.41, 5.74) is 3.41. The van der Waals surface area contributed by atoms with Crippen LogP contribution in [0.15, 0.2) is 42.5 Å². The Balaban J connectivity index is 1.85. The molecule has 1 amide bonds. The highest BCUT2D eigenvalue weighted by Crippen LogP contribution is 2.32. The third kappa shape index (κ3) is 2.80. The molecule has 6 heteroatoms. The fraction of sp³-hybridized carbons (Fsp3) is 0.150. The van der Waals surface area contributed by atoms with E-state index in [0.29, 0.717) is 21.5 Å². The van der Waals surface area contributed by atoms with E-state index in [0.717, 1.165) is 30.5 Å². The lowest BCUT2D eigenvalue weighted by Crippen LogP contribution is -2.17. The Labute approximate surface area is 154 Å². The molecule has 1 aliphatic rings. The van der Waals surface area contributed by atoms with E-state index in [1.165, 1.54) is 6.07 Å². The first kappa shape index (κ1) is 16.5. The molecule has 0 atom stereocenters. The summed E-state index contributed by atoms with van der Waals surface area (Å²) in [6.45, 7) is 0. The number of carboxylic acids is 1. The molecule has 0 fully saturated rings. The average molecular weight is 367 g/mol. The van der Waals surface area contributed by atoms with Crippen LogP contribution in [0.3, 0.4) is 0 Å². The van der Waals surface area contributed by atoms with Gasteiger partial charge in [-0.1, -0.05) is 23.7 Å². The van der Waals surface area contributed by atoms with Gasteiger partial charge in [0.05, 0.1) is 22.3 Å². The molecule has 1 heterocycles. The lowest BCUT2D eigenvalue weighted by molar-refractivity contribution is 0.0698. The second-order valence-electron chi connectivity index (χ2n) is 6.23. The maximum Gasteiger partial charge on any atom is 0.337 e. The number of carbonyl (C=O) groups excluding carboxylic acids is 1. The van der Waals surface area contributed by atoms with Gasteiger partial charge < -0.3 is 10.4 Å². The van der Waals surface area contributed by atoms with Gasteiger partial charge in [0.25, 0.3) is 5.91 Å². The van der Waals surface area contributed by atoms with E-state index < -0.39 is 5.97 Å². The van der Waals surface area contributed by atoms with Gasteiger partial charge in [-0.25, -0.2) is 4.79 Å². The van der Waals surface area contributed by atoms with Gasteiger partial charge in [-0.05, 0) is 55.2 Å². The van der Waals surface area contributed by atoms with Crippen molar-refractivity contribution in [3.05, 3.63) is 69.9 Å². The Hall–Kier alpha value is -2.92. The zero-order valence-electron chi connectivity index (χ0n) is 13.8. The standard InChI is InChI=1S/C20H15ClN2O3/c21-11-8-9-17-14(10-11)18(12-5-3-7-15(12)22-17)19(24)23-16-6-2-1-4-13(16)20(25)26/h1-2,4,6,8-10H,3,5,7H2,(H,23,24)(H,25,26). The van der Waals surface area contributed by atoms with Crippen LogP contribution in [0.5, 0.6) is 0 Å². The summed E-state index contributed by atoms with van der Waals surface area (Å²) in [5.74, 6) is -1.43. The van der Waals surface area contributed by atoms with E-state index in [9.17, 15) is 14.7 Å². The number of hydrogen-bond acceptors (Lipinski definition) is 3. The second-order valence-corrected chi connectivity index (χ2v) is 6.67. The van der Waals surface area contributed by atoms with Crippen molar-refractivity contribution in [1.29, 1.82) is 0 Å². The first-order valence-electron chi connectivity index (χ1n) is 8.29. The zero-order valence-corrected chi connectivity index (χ0v) is 14.5. The molecule has 0 spiro atoms. The van der Waals surface area contributed by atoms with Gasteiger partial charge in [0.15, 0.2) is 0 Å². The van der Waals surface area contributed by atoms with Crippen molar-refractivity contribution in [2.24, 2.45) is 0 Å². The van der Waals surface area contributed by atoms with Gasteiger partial charge in [0.1, 0.15) is 0 Å². The number of aromatic nitrogens is 1. The Morgan fingerprint density at radius 2 is 1.92 bits per heavy atom. The number of anilines is 1. The van der Waals surface area contributed by atoms with Crippen molar-refractivity contribution in [2.75, 3.05) is 5.32 Å². The molecule has 5 nitrogen and oxygen atoms in total. The summed E-state index contributed by atoms with van der Waals surface area (Å²) >= 11 is 6.14. The maximum atomic E-state index is 13.1. The van der Waals surface area contributed by atoms with E-state index in [4.69, 9.17) is 11.6 Å². The molecule has 2 aromatic carbocycles. The Morgan fingerprint density at radius 3 is 2.73 bits per heavy atom. The number of nitrogens with one attached hydrogen (secondary N) is 1. The van der Waals surface area contributed by atoms with Crippen molar-refractivity contribution >= 4 is 40.1 Å². The van der Waals surface area contributed by atoms with Gasteiger partial charge in [-0.2, -0.15) is 0 Å². The number of benzene rings is 2. The number of carboxylic acid groups (broad SMARTS) is 1. The van der Waals surface area contributed by atoms with Crippen molar-refractivity contribution in [3.8, 4) is 0 Å². The van der Waals surface area contributed by atoms with Crippen LogP contribution in [0.1, 0.15) is 38.4 Å². The highest BCUT2D eigenvalue weighted by atomic mass is 35.5. The van der Waals surface area contributed by atoms with E-state index >= 15 is 0 Å². The number of fused-ring (bicyclic) bond motifs is 2. The average Bonchev–Trinajstić information content (AvgIpc) is 3.07. The van der Waals surface area contributed by atoms with E-state index in [1.807, 2.05) is 0 Å². The van der Waals surface area contributed by atoms with E-state index in [1.54, 1.807) is 36.4 Å². The Kier molecular flexibility index (Phi) is 4.09. The third-order valence-electron chi connectivity index (χ3n) is 4.61. The fourth-order valence-corrected chi connectivity index (χ4v) is 3.63. The van der Waals surface area contributed by atoms with Crippen LogP contribution in [-0.2, 0) is 12.8 Å². The summed E-state index contributed by atoms with van der Waals surface area (Å²) in [5, 5.41) is 13.3. The number of amides is 1. The summed E-state index contributed by atoms with van der Waals surface area (Å²) in [4.78, 5) is 29.2. The van der Waals surface area contributed by atoms with Crippen LogP contribution in [-0.4, -0.2) is 22.0 Å². The monoisotopic (exact) mass is 366 g/mol. The molecule has 0 radical (unpaired) electrons. The van der Waals surface area contributed by atoms with Crippen LogP contribution >= 0.6 is 11.6 Å². The van der Waals surface area contributed by atoms with Gasteiger partial charge in [0, 0.05) is 16.1 Å². The highest BCUT2D eigenvalue weighted by Gasteiger charge is 2.25. The molecule has 0 saturated heterocycles. The minimum absolute atomic E-state index is 0.0499. The number of carbonyl (C=O) groups is 2. The molecular weight excluding hydrogens is 352 g/mol. The van der Waals surface area contributed by atoms with E-state index in [-0.39, 0.29) is 17.2 Å². The first-order chi connectivity index (χ1) is 12.5. The maximum absolute atomic E-state index is 13.1. The summed E-state index contributed by atoms with van der Waals surface area (Å²) in [6, 6.07) is 11.6. The molecule has 1 aromatic heterocycles. The highest BCUT2D eigenvalue weighted by molar-refractivity contribution is 6.31. The molecule has 0 aliphatic heterocycles. The van der Waals surface area contributed by atoms with Crippen LogP contribution in [0.2, 0.25) is 5.02 Å². The molecule has 130 valence electrons. The molecule has 3 aromatic rings. The topological polar surface area (TPSA) is 79.3 Å². The summed E-state index contributed by atoms with van der Waals surface area (Å²) in [7, 11) is 0. The van der Waals surface area contributed by atoms with Crippen LogP contribution < -0.4 is 5.32 Å². The normalized spacial score (nSPS) is 12.8. The van der Waals surface area contributed by atoms with Crippen molar-refractivity contribution in [1.82, 2.24) is 4.98 Å². The lowest BCUT2D eigenvalue weighted by atomic mass is 10.00. The first-order valence-corrected chi connectivity index (χ1v) is 8.67. The van der Waals surface area contributed by atoms with Crippen LogP contribution in [0, 0.1) is 0 Å². The SMILES string of the molecule is O=C(O)c1ccccc1NC(=O)c1c2c(nc3ccc(Cl)cc13)CCC2. The number of para-hydroxylation sites is 1. The number of halogens is 1. The van der Waals surface area contributed by atoms with Crippen molar-refractivity contribution in [3.63, 3.8) is 0 Å². The number of aromatic carboxylic acids is 1. The van der Waals surface area contributed by atoms with Crippen molar-refractivity contribution < 1.29 is 14.7 Å². The number of rotatable bonds is 3. The molecule has 0 saturated carbocycles. The van der Waals surface area contributed by atoms with Crippen LogP contribution in [0.4, 0.5) is 5.69 Å². The molecule has 26 heavy (non-hydrogen) atoms. The largest absolute Gasteiger partial charge is 0.478 e. The Bertz CT molecular complexity index is 1060. The van der Waals surface area contributed by atoms with Gasteiger partial charge >= 0.3 is 5.97 Å². The number of hydrogen-bond donors (Lipinski definition) is 2. The molecule has 0 unspecified atom stereocenters. The number of pyridine rings is 1. The quantitative estimate of drug-likeness (QED) is 0.723. The van der Waals surface area contributed by atoms with E-state index in [2.05, 4.69) is 10.3 Å². The molecule has 2 N–H and O–H groups in total. The smallest absolute Gasteiger partial charge is 0.337 e. The lowest BCUT2D eigenvalue weighted by Gasteiger charge is -2.14. The van der Waals surface area contributed by atoms with Gasteiger partial charge in [0.2, 0.25) is 0 Å². The molecular formula is C20H15ClN2O3. The van der Waals surface area contributed by atoms with Crippen LogP contribution in [0.25, 0.3) is 10.9 Å². The van der Waals surface area contributed by atoms with Gasteiger partial charge in [-0.3, -0.25) is 9.78 Å². The Morgan fingerprint density at radius 1 is 1.12 bits per heavy atom. The number of aryl methyl sites for hydroxylation is 1. The fourth-order valence-electron chi connectivity index (χ4n) is 3.46.